The molecule has 1 aromatic heterocycles. The van der Waals surface area contributed by atoms with E-state index in [1.54, 1.807) is 7.11 Å². The van der Waals surface area contributed by atoms with E-state index in [1.807, 2.05) is 12.1 Å². The van der Waals surface area contributed by atoms with Crippen molar-refractivity contribution in [2.24, 2.45) is 5.92 Å². The largest absolute Gasteiger partial charge is 0.496 e. The molecule has 3 heteroatoms. The first-order chi connectivity index (χ1) is 10.1. The number of methoxy groups -OCH3 is 1. The van der Waals surface area contributed by atoms with Crippen molar-refractivity contribution in [1.29, 1.82) is 0 Å². The SMILES string of the molecule is C=Cc1cc2c(CC)nc(CCC(C)C)nc2cc1OC. The number of nitrogens with zero attached hydrogens (tertiary/aromatic N) is 2. The van der Waals surface area contributed by atoms with E-state index in [-0.39, 0.29) is 0 Å². The zero-order valence-electron chi connectivity index (χ0n) is 13.4. The summed E-state index contributed by atoms with van der Waals surface area (Å²) in [6.45, 7) is 10.4. The Morgan fingerprint density at radius 2 is 2.05 bits per heavy atom. The summed E-state index contributed by atoms with van der Waals surface area (Å²) in [5.41, 5.74) is 3.05. The molecule has 21 heavy (non-hydrogen) atoms. The summed E-state index contributed by atoms with van der Waals surface area (Å²) in [5, 5.41) is 1.10. The number of ether oxygens (including phenoxy) is 1. The first-order valence-electron chi connectivity index (χ1n) is 7.59. The summed E-state index contributed by atoms with van der Waals surface area (Å²) in [6, 6.07) is 4.07. The molecule has 0 atom stereocenters. The van der Waals surface area contributed by atoms with Crippen LogP contribution in [0.3, 0.4) is 0 Å². The molecule has 3 nitrogen and oxygen atoms in total. The van der Waals surface area contributed by atoms with Gasteiger partial charge in [-0.1, -0.05) is 33.4 Å². The second-order valence-corrected chi connectivity index (χ2v) is 5.69. The van der Waals surface area contributed by atoms with Gasteiger partial charge in [-0.05, 0) is 24.8 Å². The van der Waals surface area contributed by atoms with Crippen LogP contribution < -0.4 is 4.74 Å². The molecule has 112 valence electrons. The van der Waals surface area contributed by atoms with Gasteiger partial charge in [0, 0.05) is 23.4 Å². The molecule has 0 amide bonds. The van der Waals surface area contributed by atoms with Gasteiger partial charge in [0.2, 0.25) is 0 Å². The van der Waals surface area contributed by atoms with E-state index in [2.05, 4.69) is 33.4 Å². The van der Waals surface area contributed by atoms with E-state index in [0.717, 1.165) is 53.0 Å². The lowest BCUT2D eigenvalue weighted by Crippen LogP contribution is -2.03. The second kappa shape index (κ2) is 6.70. The number of fused-ring (bicyclic) bond motifs is 1. The van der Waals surface area contributed by atoms with E-state index >= 15 is 0 Å². The second-order valence-electron chi connectivity index (χ2n) is 5.69. The normalized spacial score (nSPS) is 11.1. The highest BCUT2D eigenvalue weighted by Crippen LogP contribution is 2.28. The third-order valence-corrected chi connectivity index (χ3v) is 3.67. The average molecular weight is 284 g/mol. The van der Waals surface area contributed by atoms with Gasteiger partial charge >= 0.3 is 0 Å². The average Bonchev–Trinajstić information content (AvgIpc) is 2.50. The van der Waals surface area contributed by atoms with Crippen molar-refractivity contribution in [2.45, 2.75) is 40.0 Å². The molecule has 0 bridgehead atoms. The molecular formula is C18H24N2O. The molecule has 0 radical (unpaired) electrons. The molecular weight excluding hydrogens is 260 g/mol. The first kappa shape index (κ1) is 15.5. The van der Waals surface area contributed by atoms with Gasteiger partial charge < -0.3 is 4.74 Å². The minimum Gasteiger partial charge on any atom is -0.496 e. The van der Waals surface area contributed by atoms with Gasteiger partial charge in [0.25, 0.3) is 0 Å². The van der Waals surface area contributed by atoms with Crippen LogP contribution in [0.2, 0.25) is 0 Å². The summed E-state index contributed by atoms with van der Waals surface area (Å²) in [7, 11) is 1.68. The molecule has 0 spiro atoms. The van der Waals surface area contributed by atoms with Crippen molar-refractivity contribution in [3.63, 3.8) is 0 Å². The summed E-state index contributed by atoms with van der Waals surface area (Å²) in [4.78, 5) is 9.45. The summed E-state index contributed by atoms with van der Waals surface area (Å²) >= 11 is 0. The number of rotatable bonds is 6. The molecule has 0 saturated heterocycles. The Labute approximate surface area is 127 Å². The predicted octanol–water partition coefficient (Wildman–Crippen LogP) is 4.43. The minimum atomic E-state index is 0.659. The molecule has 0 aliphatic heterocycles. The van der Waals surface area contributed by atoms with Crippen LogP contribution in [0.4, 0.5) is 0 Å². The molecule has 0 saturated carbocycles. The zero-order valence-corrected chi connectivity index (χ0v) is 13.4. The quantitative estimate of drug-likeness (QED) is 0.787. The summed E-state index contributed by atoms with van der Waals surface area (Å²) < 4.78 is 5.42. The fourth-order valence-corrected chi connectivity index (χ4v) is 2.42. The van der Waals surface area contributed by atoms with Crippen molar-refractivity contribution in [1.82, 2.24) is 9.97 Å². The van der Waals surface area contributed by atoms with Crippen LogP contribution in [0.25, 0.3) is 17.0 Å². The van der Waals surface area contributed by atoms with Crippen LogP contribution in [0.15, 0.2) is 18.7 Å². The Hall–Kier alpha value is -1.90. The van der Waals surface area contributed by atoms with Crippen molar-refractivity contribution in [3.05, 3.63) is 35.8 Å². The van der Waals surface area contributed by atoms with Crippen LogP contribution in [0.5, 0.6) is 5.75 Å². The number of aryl methyl sites for hydroxylation is 2. The molecule has 2 rings (SSSR count). The number of hydrogen-bond acceptors (Lipinski definition) is 3. The molecule has 0 aliphatic carbocycles. The maximum Gasteiger partial charge on any atom is 0.129 e. The first-order valence-corrected chi connectivity index (χ1v) is 7.59. The third-order valence-electron chi connectivity index (χ3n) is 3.67. The van der Waals surface area contributed by atoms with Gasteiger partial charge in [0.1, 0.15) is 11.6 Å². The van der Waals surface area contributed by atoms with Gasteiger partial charge in [-0.25, -0.2) is 9.97 Å². The Kier molecular flexibility index (Phi) is 4.94. The Morgan fingerprint density at radius 1 is 1.29 bits per heavy atom. The molecule has 1 heterocycles. The van der Waals surface area contributed by atoms with Crippen molar-refractivity contribution >= 4 is 17.0 Å². The van der Waals surface area contributed by atoms with E-state index in [4.69, 9.17) is 14.7 Å². The van der Waals surface area contributed by atoms with Crippen LogP contribution >= 0.6 is 0 Å². The molecule has 1 aromatic carbocycles. The lowest BCUT2D eigenvalue weighted by molar-refractivity contribution is 0.414. The van der Waals surface area contributed by atoms with Gasteiger partial charge in [-0.2, -0.15) is 0 Å². The summed E-state index contributed by atoms with van der Waals surface area (Å²) in [5.74, 6) is 2.40. The van der Waals surface area contributed by atoms with Crippen molar-refractivity contribution in [2.75, 3.05) is 7.11 Å². The molecule has 2 aromatic rings. The summed E-state index contributed by atoms with van der Waals surface area (Å²) in [6.07, 6.45) is 4.74. The van der Waals surface area contributed by atoms with Crippen LogP contribution in [-0.2, 0) is 12.8 Å². The molecule has 0 unspecified atom stereocenters. The highest BCUT2D eigenvalue weighted by molar-refractivity contribution is 5.86. The highest BCUT2D eigenvalue weighted by Gasteiger charge is 2.11. The van der Waals surface area contributed by atoms with E-state index < -0.39 is 0 Å². The lowest BCUT2D eigenvalue weighted by Gasteiger charge is -2.11. The number of aromatic nitrogens is 2. The lowest BCUT2D eigenvalue weighted by atomic mass is 10.1. The topological polar surface area (TPSA) is 35.0 Å². The Bertz CT molecular complexity index is 647. The zero-order chi connectivity index (χ0) is 15.4. The van der Waals surface area contributed by atoms with Gasteiger partial charge in [0.15, 0.2) is 0 Å². The van der Waals surface area contributed by atoms with Gasteiger partial charge in [-0.3, -0.25) is 0 Å². The fraction of sp³-hybridized carbons (Fsp3) is 0.444. The van der Waals surface area contributed by atoms with E-state index in [0.29, 0.717) is 5.92 Å². The Balaban J connectivity index is 2.55. The van der Waals surface area contributed by atoms with Crippen molar-refractivity contribution in [3.8, 4) is 5.75 Å². The number of benzene rings is 1. The van der Waals surface area contributed by atoms with Crippen molar-refractivity contribution < 1.29 is 4.74 Å². The molecule has 0 N–H and O–H groups in total. The monoisotopic (exact) mass is 284 g/mol. The predicted molar refractivity (Wildman–Crippen MR) is 88.7 cm³/mol. The van der Waals surface area contributed by atoms with Crippen LogP contribution in [0, 0.1) is 5.92 Å². The van der Waals surface area contributed by atoms with Crippen LogP contribution in [-0.4, -0.2) is 17.1 Å². The standard InChI is InChI=1S/C18H24N2O/c1-6-13-10-14-15(7-2)19-18(9-8-12(3)4)20-16(14)11-17(13)21-5/h6,10-12H,1,7-9H2,2-5H3. The molecule has 0 aliphatic rings. The third kappa shape index (κ3) is 3.41. The van der Waals surface area contributed by atoms with Crippen LogP contribution in [0.1, 0.15) is 44.3 Å². The fourth-order valence-electron chi connectivity index (χ4n) is 2.42. The van der Waals surface area contributed by atoms with E-state index in [1.165, 1.54) is 0 Å². The van der Waals surface area contributed by atoms with Gasteiger partial charge in [0.05, 0.1) is 18.3 Å². The molecule has 0 fully saturated rings. The smallest absolute Gasteiger partial charge is 0.129 e. The Morgan fingerprint density at radius 3 is 2.62 bits per heavy atom. The highest BCUT2D eigenvalue weighted by atomic mass is 16.5. The van der Waals surface area contributed by atoms with E-state index in [9.17, 15) is 0 Å². The number of hydrogen-bond donors (Lipinski definition) is 0. The minimum absolute atomic E-state index is 0.659. The maximum atomic E-state index is 5.42. The van der Waals surface area contributed by atoms with Gasteiger partial charge in [-0.15, -0.1) is 0 Å². The maximum absolute atomic E-state index is 5.42.